The summed E-state index contributed by atoms with van der Waals surface area (Å²) in [6.45, 7) is 2.87. The van der Waals surface area contributed by atoms with Gasteiger partial charge in [0.1, 0.15) is 30.5 Å². The van der Waals surface area contributed by atoms with Crippen molar-refractivity contribution in [2.45, 2.75) is 45.4 Å². The van der Waals surface area contributed by atoms with Gasteiger partial charge in [0, 0.05) is 12.1 Å². The third kappa shape index (κ3) is 10.1. The number of rotatable bonds is 16. The number of unbranched alkanes of at least 4 members (excludes halogenated alkanes) is 5. The molecule has 0 radical (unpaired) electrons. The number of esters is 1. The third-order valence-corrected chi connectivity index (χ3v) is 4.61. The molecular weight excluding hydrogens is 414 g/mol. The molecule has 0 atom stereocenters. The van der Waals surface area contributed by atoms with Crippen LogP contribution in [0, 0.1) is 10.1 Å². The lowest BCUT2D eigenvalue weighted by Crippen LogP contribution is -2.18. The van der Waals surface area contributed by atoms with E-state index in [4.69, 9.17) is 18.9 Å². The van der Waals surface area contributed by atoms with Crippen LogP contribution in [0.1, 0.15) is 45.4 Å². The summed E-state index contributed by atoms with van der Waals surface area (Å²) in [5.74, 6) is 1.27. The number of ether oxygens (including phenoxy) is 4. The maximum Gasteiger partial charge on any atom is 0.344 e. The summed E-state index contributed by atoms with van der Waals surface area (Å²) in [5.41, 5.74) is -0.0154. The number of non-ortho nitro benzene ring substituents is 1. The van der Waals surface area contributed by atoms with Crippen LogP contribution in [0.15, 0.2) is 48.5 Å². The van der Waals surface area contributed by atoms with Gasteiger partial charge in [-0.1, -0.05) is 39.0 Å². The first-order valence-corrected chi connectivity index (χ1v) is 11.0. The van der Waals surface area contributed by atoms with Gasteiger partial charge in [-0.15, -0.1) is 0 Å². The molecule has 2 aromatic carbocycles. The van der Waals surface area contributed by atoms with Crippen molar-refractivity contribution < 1.29 is 28.7 Å². The molecule has 0 aliphatic rings. The monoisotopic (exact) mass is 445 g/mol. The number of nitro groups is 1. The van der Waals surface area contributed by atoms with Crippen molar-refractivity contribution >= 4 is 11.7 Å². The van der Waals surface area contributed by atoms with Crippen molar-refractivity contribution in [3.8, 4) is 17.2 Å². The molecule has 8 heteroatoms. The predicted octanol–water partition coefficient (Wildman–Crippen LogP) is 5.34. The van der Waals surface area contributed by atoms with Crippen molar-refractivity contribution in [2.24, 2.45) is 0 Å². The molecule has 0 aliphatic heterocycles. The molecule has 2 rings (SSSR count). The smallest absolute Gasteiger partial charge is 0.344 e. The Labute approximate surface area is 188 Å². The molecule has 174 valence electrons. The van der Waals surface area contributed by atoms with Crippen LogP contribution >= 0.6 is 0 Å². The minimum absolute atomic E-state index is 0.0154. The predicted molar refractivity (Wildman–Crippen MR) is 120 cm³/mol. The molecule has 0 aliphatic carbocycles. The molecule has 0 bridgehead atoms. The fourth-order valence-corrected chi connectivity index (χ4v) is 2.87. The Kier molecular flexibility index (Phi) is 11.4. The van der Waals surface area contributed by atoms with E-state index in [0.717, 1.165) is 12.2 Å². The highest BCUT2D eigenvalue weighted by atomic mass is 16.6. The van der Waals surface area contributed by atoms with Gasteiger partial charge in [-0.25, -0.2) is 4.79 Å². The number of carbonyl (C=O) groups excluding carboxylic acids is 1. The van der Waals surface area contributed by atoms with E-state index in [0.29, 0.717) is 18.1 Å². The van der Waals surface area contributed by atoms with Crippen molar-refractivity contribution in [3.63, 3.8) is 0 Å². The summed E-state index contributed by atoms with van der Waals surface area (Å²) in [7, 11) is 0. The van der Waals surface area contributed by atoms with E-state index >= 15 is 0 Å². The largest absolute Gasteiger partial charge is 0.494 e. The van der Waals surface area contributed by atoms with Crippen LogP contribution in [0.25, 0.3) is 0 Å². The number of benzene rings is 2. The molecule has 0 aromatic heterocycles. The van der Waals surface area contributed by atoms with E-state index in [1.807, 2.05) is 12.1 Å². The van der Waals surface area contributed by atoms with Crippen molar-refractivity contribution in [3.05, 3.63) is 58.6 Å². The summed E-state index contributed by atoms with van der Waals surface area (Å²) >= 11 is 0. The Hall–Kier alpha value is -3.29. The number of hydrogen-bond acceptors (Lipinski definition) is 7. The Morgan fingerprint density at radius 2 is 1.28 bits per heavy atom. The summed E-state index contributed by atoms with van der Waals surface area (Å²) in [4.78, 5) is 21.9. The summed E-state index contributed by atoms with van der Waals surface area (Å²) in [5, 5.41) is 10.6. The fraction of sp³-hybridized carbons (Fsp3) is 0.458. The first-order chi connectivity index (χ1) is 15.6. The first kappa shape index (κ1) is 25.0. The standard InChI is InChI=1S/C24H31NO7/c1-2-3-4-5-6-7-16-29-22-12-14-23(15-13-22)32-19-24(26)31-18-17-30-21-10-8-20(9-11-21)25(27)28/h8-15H,2-7,16-19H2,1H3. The van der Waals surface area contributed by atoms with Gasteiger partial charge in [0.25, 0.3) is 5.69 Å². The number of hydrogen-bond donors (Lipinski definition) is 0. The average Bonchev–Trinajstić information content (AvgIpc) is 2.81. The average molecular weight is 446 g/mol. The second-order valence-electron chi connectivity index (χ2n) is 7.20. The van der Waals surface area contributed by atoms with Crippen LogP contribution in [0.5, 0.6) is 17.2 Å². The zero-order chi connectivity index (χ0) is 23.0. The first-order valence-electron chi connectivity index (χ1n) is 11.0. The van der Waals surface area contributed by atoms with Crippen LogP contribution in [0.4, 0.5) is 5.69 Å². The van der Waals surface area contributed by atoms with Gasteiger partial charge >= 0.3 is 5.97 Å². The summed E-state index contributed by atoms with van der Waals surface area (Å²) in [6.07, 6.45) is 7.32. The Balaban J connectivity index is 1.55. The molecule has 32 heavy (non-hydrogen) atoms. The maximum atomic E-state index is 11.8. The van der Waals surface area contributed by atoms with Crippen molar-refractivity contribution in [2.75, 3.05) is 26.4 Å². The van der Waals surface area contributed by atoms with E-state index < -0.39 is 10.9 Å². The molecule has 0 saturated carbocycles. The normalized spacial score (nSPS) is 10.4. The van der Waals surface area contributed by atoms with Gasteiger partial charge in [-0.2, -0.15) is 0 Å². The molecule has 0 N–H and O–H groups in total. The fourth-order valence-electron chi connectivity index (χ4n) is 2.87. The van der Waals surface area contributed by atoms with Gasteiger partial charge in [0.15, 0.2) is 6.61 Å². The molecule has 0 amide bonds. The number of nitrogens with zero attached hydrogens (tertiary/aromatic N) is 1. The van der Waals surface area contributed by atoms with Crippen LogP contribution in [0.2, 0.25) is 0 Å². The van der Waals surface area contributed by atoms with E-state index in [1.54, 1.807) is 12.1 Å². The summed E-state index contributed by atoms with van der Waals surface area (Å²) in [6, 6.07) is 12.8. The van der Waals surface area contributed by atoms with Gasteiger partial charge in [0.05, 0.1) is 11.5 Å². The molecule has 0 saturated heterocycles. The molecule has 0 fully saturated rings. The van der Waals surface area contributed by atoms with Crippen molar-refractivity contribution in [1.29, 1.82) is 0 Å². The van der Waals surface area contributed by atoms with E-state index in [1.165, 1.54) is 56.4 Å². The van der Waals surface area contributed by atoms with Crippen LogP contribution < -0.4 is 14.2 Å². The number of nitro benzene ring substituents is 1. The molecule has 8 nitrogen and oxygen atoms in total. The lowest BCUT2D eigenvalue weighted by atomic mass is 10.1. The second kappa shape index (κ2) is 14.7. The minimum Gasteiger partial charge on any atom is -0.494 e. The van der Waals surface area contributed by atoms with Crippen molar-refractivity contribution in [1.82, 2.24) is 0 Å². The van der Waals surface area contributed by atoms with E-state index in [9.17, 15) is 14.9 Å². The molecule has 0 unspecified atom stereocenters. The summed E-state index contributed by atoms with van der Waals surface area (Å²) < 4.78 is 21.6. The van der Waals surface area contributed by atoms with Crippen LogP contribution in [-0.2, 0) is 9.53 Å². The van der Waals surface area contributed by atoms with Gasteiger partial charge in [0.2, 0.25) is 0 Å². The molecular formula is C24H31NO7. The highest BCUT2D eigenvalue weighted by molar-refractivity contribution is 5.71. The maximum absolute atomic E-state index is 11.8. The van der Waals surface area contributed by atoms with Crippen LogP contribution in [0.3, 0.4) is 0 Å². The SMILES string of the molecule is CCCCCCCCOc1ccc(OCC(=O)OCCOc2ccc([N+](=O)[O-])cc2)cc1. The van der Waals surface area contributed by atoms with Gasteiger partial charge in [-0.3, -0.25) is 10.1 Å². The van der Waals surface area contributed by atoms with Gasteiger partial charge < -0.3 is 18.9 Å². The third-order valence-electron chi connectivity index (χ3n) is 4.61. The Bertz CT molecular complexity index is 806. The van der Waals surface area contributed by atoms with Crippen LogP contribution in [-0.4, -0.2) is 37.3 Å². The Morgan fingerprint density at radius 1 is 0.750 bits per heavy atom. The second-order valence-corrected chi connectivity index (χ2v) is 7.20. The van der Waals surface area contributed by atoms with E-state index in [2.05, 4.69) is 6.92 Å². The minimum atomic E-state index is -0.513. The number of carbonyl (C=O) groups is 1. The zero-order valence-electron chi connectivity index (χ0n) is 18.5. The van der Waals surface area contributed by atoms with E-state index in [-0.39, 0.29) is 25.5 Å². The Morgan fingerprint density at radius 3 is 1.91 bits per heavy atom. The lowest BCUT2D eigenvalue weighted by molar-refractivity contribution is -0.384. The molecule has 2 aromatic rings. The quantitative estimate of drug-likeness (QED) is 0.149. The molecule has 0 spiro atoms. The lowest BCUT2D eigenvalue weighted by Gasteiger charge is -2.09. The highest BCUT2D eigenvalue weighted by Gasteiger charge is 2.07. The highest BCUT2D eigenvalue weighted by Crippen LogP contribution is 2.19. The zero-order valence-corrected chi connectivity index (χ0v) is 18.5. The molecule has 0 heterocycles. The topological polar surface area (TPSA) is 97.1 Å². The van der Waals surface area contributed by atoms with Gasteiger partial charge in [-0.05, 0) is 42.8 Å².